The van der Waals surface area contributed by atoms with Gasteiger partial charge >= 0.3 is 5.97 Å². The standard InChI is InChI=1S/C20H19ClO7/c1-3-25-19-14(21)8-13(10-18(19)24-2)20(23)28-11-15(22)12-4-5-16-17(9-12)27-7-6-26-16/h4-5,8-10H,3,6-7,11H2,1-2H3. The Morgan fingerprint density at radius 3 is 2.54 bits per heavy atom. The second kappa shape index (κ2) is 8.84. The molecule has 2 aromatic rings. The highest BCUT2D eigenvalue weighted by Gasteiger charge is 2.19. The van der Waals surface area contributed by atoms with Gasteiger partial charge in [-0.1, -0.05) is 11.6 Å². The van der Waals surface area contributed by atoms with Gasteiger partial charge in [0.1, 0.15) is 13.2 Å². The molecule has 0 bridgehead atoms. The summed E-state index contributed by atoms with van der Waals surface area (Å²) in [6, 6.07) is 7.68. The third-order valence-corrected chi connectivity index (χ3v) is 4.23. The number of ketones is 1. The number of carbonyl (C=O) groups is 2. The zero-order valence-corrected chi connectivity index (χ0v) is 16.2. The molecule has 0 aromatic heterocycles. The first-order chi connectivity index (χ1) is 13.5. The fourth-order valence-corrected chi connectivity index (χ4v) is 2.90. The van der Waals surface area contributed by atoms with E-state index >= 15 is 0 Å². The third-order valence-electron chi connectivity index (χ3n) is 3.95. The molecule has 148 valence electrons. The Morgan fingerprint density at radius 1 is 1.07 bits per heavy atom. The first-order valence-corrected chi connectivity index (χ1v) is 9.01. The van der Waals surface area contributed by atoms with E-state index in [1.807, 2.05) is 0 Å². The van der Waals surface area contributed by atoms with E-state index in [9.17, 15) is 9.59 Å². The Hall–Kier alpha value is -2.93. The lowest BCUT2D eigenvalue weighted by Gasteiger charge is -2.18. The van der Waals surface area contributed by atoms with Crippen molar-refractivity contribution in [3.8, 4) is 23.0 Å². The van der Waals surface area contributed by atoms with Gasteiger partial charge in [0.2, 0.25) is 0 Å². The summed E-state index contributed by atoms with van der Waals surface area (Å²) in [5.74, 6) is 0.654. The second-order valence-electron chi connectivity index (χ2n) is 5.78. The second-order valence-corrected chi connectivity index (χ2v) is 6.19. The Balaban J connectivity index is 1.68. The highest BCUT2D eigenvalue weighted by atomic mass is 35.5. The maximum absolute atomic E-state index is 12.4. The predicted octanol–water partition coefficient (Wildman–Crippen LogP) is 3.56. The molecule has 28 heavy (non-hydrogen) atoms. The van der Waals surface area contributed by atoms with E-state index in [4.69, 9.17) is 35.3 Å². The molecular formula is C20H19ClO7. The first kappa shape index (κ1) is 19.8. The molecular weight excluding hydrogens is 388 g/mol. The number of halogens is 1. The van der Waals surface area contributed by atoms with Gasteiger partial charge in [-0.15, -0.1) is 0 Å². The number of fused-ring (bicyclic) bond motifs is 1. The van der Waals surface area contributed by atoms with Crippen LogP contribution in [0.1, 0.15) is 27.6 Å². The molecule has 7 nitrogen and oxygen atoms in total. The van der Waals surface area contributed by atoms with Crippen molar-refractivity contribution in [1.82, 2.24) is 0 Å². The van der Waals surface area contributed by atoms with E-state index in [0.29, 0.717) is 48.4 Å². The minimum absolute atomic E-state index is 0.153. The van der Waals surface area contributed by atoms with Gasteiger partial charge in [-0.25, -0.2) is 4.79 Å². The average molecular weight is 407 g/mol. The van der Waals surface area contributed by atoms with Crippen molar-refractivity contribution in [3.05, 3.63) is 46.5 Å². The molecule has 2 aromatic carbocycles. The third kappa shape index (κ3) is 4.31. The Labute approximate surface area is 167 Å². The molecule has 0 spiro atoms. The van der Waals surface area contributed by atoms with Crippen LogP contribution in [-0.4, -0.2) is 45.3 Å². The van der Waals surface area contributed by atoms with Crippen LogP contribution < -0.4 is 18.9 Å². The minimum Gasteiger partial charge on any atom is -0.493 e. The van der Waals surface area contributed by atoms with Crippen molar-refractivity contribution in [2.45, 2.75) is 6.92 Å². The van der Waals surface area contributed by atoms with E-state index in [2.05, 4.69) is 0 Å². The van der Waals surface area contributed by atoms with Crippen LogP contribution >= 0.6 is 11.6 Å². The molecule has 1 heterocycles. The number of benzene rings is 2. The molecule has 0 unspecified atom stereocenters. The van der Waals surface area contributed by atoms with Gasteiger partial charge in [0.05, 0.1) is 24.3 Å². The summed E-state index contributed by atoms with van der Waals surface area (Å²) in [4.78, 5) is 24.7. The smallest absolute Gasteiger partial charge is 0.338 e. The van der Waals surface area contributed by atoms with Gasteiger partial charge in [-0.3, -0.25) is 4.79 Å². The quantitative estimate of drug-likeness (QED) is 0.513. The van der Waals surface area contributed by atoms with Crippen molar-refractivity contribution >= 4 is 23.4 Å². The van der Waals surface area contributed by atoms with Gasteiger partial charge in [0.25, 0.3) is 0 Å². The number of methoxy groups -OCH3 is 1. The van der Waals surface area contributed by atoms with Crippen LogP contribution in [0.25, 0.3) is 0 Å². The lowest BCUT2D eigenvalue weighted by Crippen LogP contribution is -2.17. The highest BCUT2D eigenvalue weighted by Crippen LogP contribution is 2.36. The van der Waals surface area contributed by atoms with Crippen molar-refractivity contribution in [3.63, 3.8) is 0 Å². The molecule has 0 fully saturated rings. The Kier molecular flexibility index (Phi) is 6.26. The Bertz CT molecular complexity index is 894. The molecule has 0 saturated carbocycles. The van der Waals surface area contributed by atoms with E-state index < -0.39 is 12.6 Å². The number of ether oxygens (including phenoxy) is 5. The number of hydrogen-bond donors (Lipinski definition) is 0. The summed E-state index contributed by atoms with van der Waals surface area (Å²) in [6.07, 6.45) is 0. The molecule has 0 aliphatic carbocycles. The summed E-state index contributed by atoms with van der Waals surface area (Å²) >= 11 is 6.16. The van der Waals surface area contributed by atoms with Crippen molar-refractivity contribution in [2.24, 2.45) is 0 Å². The summed E-state index contributed by atoms with van der Waals surface area (Å²) in [5, 5.41) is 0.214. The van der Waals surface area contributed by atoms with E-state index in [0.717, 1.165) is 0 Å². The minimum atomic E-state index is -0.700. The summed E-state index contributed by atoms with van der Waals surface area (Å²) in [6.45, 7) is 2.66. The van der Waals surface area contributed by atoms with Crippen molar-refractivity contribution in [1.29, 1.82) is 0 Å². The van der Waals surface area contributed by atoms with Gasteiger partial charge in [-0.2, -0.15) is 0 Å². The molecule has 3 rings (SSSR count). The maximum atomic E-state index is 12.4. The molecule has 0 amide bonds. The fourth-order valence-electron chi connectivity index (χ4n) is 2.64. The zero-order chi connectivity index (χ0) is 20.1. The Morgan fingerprint density at radius 2 is 1.82 bits per heavy atom. The molecule has 0 N–H and O–H groups in total. The fraction of sp³-hybridized carbons (Fsp3) is 0.300. The van der Waals surface area contributed by atoms with Crippen LogP contribution in [0.2, 0.25) is 5.02 Å². The molecule has 8 heteroatoms. The largest absolute Gasteiger partial charge is 0.493 e. The lowest BCUT2D eigenvalue weighted by molar-refractivity contribution is 0.0474. The predicted molar refractivity (Wildman–Crippen MR) is 101 cm³/mol. The molecule has 0 saturated heterocycles. The maximum Gasteiger partial charge on any atom is 0.338 e. The van der Waals surface area contributed by atoms with Crippen LogP contribution in [0.5, 0.6) is 23.0 Å². The van der Waals surface area contributed by atoms with Crippen LogP contribution in [0, 0.1) is 0 Å². The number of Topliss-reactive ketones (excluding diaryl/α,β-unsaturated/α-hetero) is 1. The van der Waals surface area contributed by atoms with E-state index in [1.54, 1.807) is 25.1 Å². The van der Waals surface area contributed by atoms with Crippen LogP contribution in [0.4, 0.5) is 0 Å². The summed E-state index contributed by atoms with van der Waals surface area (Å²) in [5.41, 5.74) is 0.514. The first-order valence-electron chi connectivity index (χ1n) is 8.63. The van der Waals surface area contributed by atoms with Crippen LogP contribution in [-0.2, 0) is 4.74 Å². The van der Waals surface area contributed by atoms with E-state index in [1.165, 1.54) is 19.2 Å². The molecule has 1 aliphatic heterocycles. The normalized spacial score (nSPS) is 12.2. The zero-order valence-electron chi connectivity index (χ0n) is 15.5. The number of esters is 1. The molecule has 0 radical (unpaired) electrons. The van der Waals surface area contributed by atoms with Crippen LogP contribution in [0.15, 0.2) is 30.3 Å². The van der Waals surface area contributed by atoms with Gasteiger partial charge in [0, 0.05) is 5.56 Å². The van der Waals surface area contributed by atoms with Crippen molar-refractivity contribution < 1.29 is 33.3 Å². The van der Waals surface area contributed by atoms with Gasteiger partial charge in [-0.05, 0) is 37.3 Å². The number of rotatable bonds is 7. The van der Waals surface area contributed by atoms with Gasteiger partial charge in [0.15, 0.2) is 35.4 Å². The highest BCUT2D eigenvalue weighted by molar-refractivity contribution is 6.32. The number of carbonyl (C=O) groups excluding carboxylic acids is 2. The van der Waals surface area contributed by atoms with Crippen molar-refractivity contribution in [2.75, 3.05) is 33.5 Å². The molecule has 1 aliphatic rings. The molecule has 0 atom stereocenters. The summed E-state index contributed by atoms with van der Waals surface area (Å²) < 4.78 is 26.6. The monoisotopic (exact) mass is 406 g/mol. The van der Waals surface area contributed by atoms with Crippen LogP contribution in [0.3, 0.4) is 0 Å². The number of hydrogen-bond acceptors (Lipinski definition) is 7. The summed E-state index contributed by atoms with van der Waals surface area (Å²) in [7, 11) is 1.44. The lowest BCUT2D eigenvalue weighted by atomic mass is 10.1. The SMILES string of the molecule is CCOc1c(Cl)cc(C(=O)OCC(=O)c2ccc3c(c2)OCCO3)cc1OC. The van der Waals surface area contributed by atoms with Gasteiger partial charge < -0.3 is 23.7 Å². The average Bonchev–Trinajstić information content (AvgIpc) is 2.72. The van der Waals surface area contributed by atoms with E-state index in [-0.39, 0.29) is 16.4 Å². The topological polar surface area (TPSA) is 80.3 Å².